The molecule has 18 heavy (non-hydrogen) atoms. The molecule has 4 nitrogen and oxygen atoms in total. The lowest BCUT2D eigenvalue weighted by Gasteiger charge is -2.09. The molecule has 0 unspecified atom stereocenters. The van der Waals surface area contributed by atoms with Gasteiger partial charge in [-0.2, -0.15) is 0 Å². The number of nitrogens with zero attached hydrogens (tertiary/aromatic N) is 2. The number of aromatic nitrogens is 2. The first-order valence-corrected chi connectivity index (χ1v) is 8.69. The average Bonchev–Trinajstić information content (AvgIpc) is 2.68. The molecule has 6 heteroatoms. The molecule has 0 aliphatic heterocycles. The number of halogens is 1. The van der Waals surface area contributed by atoms with E-state index in [1.807, 2.05) is 18.4 Å². The molecule has 1 heterocycles. The van der Waals surface area contributed by atoms with Gasteiger partial charge in [0.1, 0.15) is 5.82 Å². The van der Waals surface area contributed by atoms with Crippen LogP contribution in [0.2, 0.25) is 0 Å². The predicted octanol–water partition coefficient (Wildman–Crippen LogP) is 3.51. The van der Waals surface area contributed by atoms with Crippen LogP contribution in [0.5, 0.6) is 0 Å². The van der Waals surface area contributed by atoms with Crippen LogP contribution in [0.4, 0.5) is 0 Å². The minimum atomic E-state index is -3.73. The Morgan fingerprint density at radius 2 is 2.00 bits per heavy atom. The zero-order valence-corrected chi connectivity index (χ0v) is 12.8. The highest BCUT2D eigenvalue weighted by molar-refractivity contribution is 8.13. The first-order chi connectivity index (χ1) is 8.36. The summed E-state index contributed by atoms with van der Waals surface area (Å²) in [6.07, 6.45) is 6.11. The van der Waals surface area contributed by atoms with Crippen molar-refractivity contribution in [2.45, 2.75) is 63.9 Å². The van der Waals surface area contributed by atoms with Gasteiger partial charge in [-0.05, 0) is 6.42 Å². The van der Waals surface area contributed by atoms with E-state index in [0.717, 1.165) is 25.2 Å². The van der Waals surface area contributed by atoms with Crippen LogP contribution in [-0.2, 0) is 15.6 Å². The van der Waals surface area contributed by atoms with Crippen LogP contribution < -0.4 is 0 Å². The van der Waals surface area contributed by atoms with Crippen molar-refractivity contribution >= 4 is 19.7 Å². The minimum Gasteiger partial charge on any atom is -0.333 e. The first kappa shape index (κ1) is 15.5. The van der Waals surface area contributed by atoms with E-state index in [4.69, 9.17) is 10.7 Å². The van der Waals surface area contributed by atoms with Gasteiger partial charge < -0.3 is 4.57 Å². The highest BCUT2D eigenvalue weighted by atomic mass is 35.7. The largest absolute Gasteiger partial charge is 0.333 e. The molecule has 0 saturated heterocycles. The number of imidazole rings is 1. The van der Waals surface area contributed by atoms with Gasteiger partial charge >= 0.3 is 0 Å². The summed E-state index contributed by atoms with van der Waals surface area (Å²) in [6, 6.07) is 0. The zero-order chi connectivity index (χ0) is 13.8. The van der Waals surface area contributed by atoms with E-state index < -0.39 is 9.05 Å². The fourth-order valence-electron chi connectivity index (χ4n) is 1.87. The Labute approximate surface area is 114 Å². The van der Waals surface area contributed by atoms with E-state index in [0.29, 0.717) is 0 Å². The van der Waals surface area contributed by atoms with Crippen LogP contribution in [0, 0.1) is 0 Å². The summed E-state index contributed by atoms with van der Waals surface area (Å²) >= 11 is 0. The maximum Gasteiger partial charge on any atom is 0.280 e. The van der Waals surface area contributed by atoms with E-state index in [-0.39, 0.29) is 10.9 Å². The molecule has 0 amide bonds. The number of aryl methyl sites for hydroxylation is 1. The van der Waals surface area contributed by atoms with Gasteiger partial charge in [-0.1, -0.05) is 40.0 Å². The topological polar surface area (TPSA) is 52.0 Å². The Balaban J connectivity index is 2.85. The van der Waals surface area contributed by atoms with Gasteiger partial charge in [-0.3, -0.25) is 0 Å². The Bertz CT molecular complexity index is 480. The number of hydrogen-bond donors (Lipinski definition) is 0. The molecule has 0 aliphatic rings. The lowest BCUT2D eigenvalue weighted by molar-refractivity contribution is 0.552. The summed E-state index contributed by atoms with van der Waals surface area (Å²) < 4.78 is 24.5. The molecule has 0 atom stereocenters. The van der Waals surface area contributed by atoms with Crippen LogP contribution in [0.1, 0.15) is 58.2 Å². The number of unbranched alkanes of at least 4 members (excludes halogenated alkanes) is 3. The number of rotatable bonds is 7. The van der Waals surface area contributed by atoms with E-state index in [9.17, 15) is 8.42 Å². The molecule has 1 rings (SSSR count). The molecule has 0 saturated carbocycles. The standard InChI is InChI=1S/C12H21ClN2O2S/c1-4-5-6-7-8-15-9-11(18(13,16)17)14-12(15)10(2)3/h9-10H,4-8H2,1-3H3. The third-order valence-corrected chi connectivity index (χ3v) is 3.97. The molecule has 0 radical (unpaired) electrons. The van der Waals surface area contributed by atoms with Gasteiger partial charge in [0.05, 0.1) is 0 Å². The average molecular weight is 293 g/mol. The first-order valence-electron chi connectivity index (χ1n) is 6.38. The van der Waals surface area contributed by atoms with E-state index >= 15 is 0 Å². The summed E-state index contributed by atoms with van der Waals surface area (Å²) in [5.41, 5.74) is 0. The van der Waals surface area contributed by atoms with Crippen molar-refractivity contribution in [3.8, 4) is 0 Å². The highest BCUT2D eigenvalue weighted by Gasteiger charge is 2.19. The molecule has 0 fully saturated rings. The van der Waals surface area contributed by atoms with E-state index in [1.165, 1.54) is 12.8 Å². The second kappa shape index (κ2) is 6.57. The Morgan fingerprint density at radius 3 is 2.50 bits per heavy atom. The van der Waals surface area contributed by atoms with Gasteiger partial charge in [0.25, 0.3) is 9.05 Å². The monoisotopic (exact) mass is 292 g/mol. The van der Waals surface area contributed by atoms with Crippen LogP contribution >= 0.6 is 10.7 Å². The molecule has 0 aliphatic carbocycles. The molecule has 0 aromatic carbocycles. The normalized spacial score (nSPS) is 12.3. The predicted molar refractivity (Wildman–Crippen MR) is 73.5 cm³/mol. The molecule has 1 aromatic rings. The van der Waals surface area contributed by atoms with Crippen molar-refractivity contribution in [1.29, 1.82) is 0 Å². The van der Waals surface area contributed by atoms with Crippen LogP contribution in [-0.4, -0.2) is 18.0 Å². The van der Waals surface area contributed by atoms with E-state index in [1.54, 1.807) is 6.20 Å². The SMILES string of the molecule is CCCCCCn1cc(S(=O)(=O)Cl)nc1C(C)C. The van der Waals surface area contributed by atoms with Gasteiger partial charge in [0.15, 0.2) is 5.03 Å². The fraction of sp³-hybridized carbons (Fsp3) is 0.750. The van der Waals surface area contributed by atoms with Gasteiger partial charge in [0, 0.05) is 29.3 Å². The zero-order valence-electron chi connectivity index (χ0n) is 11.2. The molecule has 0 spiro atoms. The van der Waals surface area contributed by atoms with Crippen molar-refractivity contribution in [1.82, 2.24) is 9.55 Å². The van der Waals surface area contributed by atoms with Crippen molar-refractivity contribution in [3.05, 3.63) is 12.0 Å². The van der Waals surface area contributed by atoms with Crippen molar-refractivity contribution < 1.29 is 8.42 Å². The molecular weight excluding hydrogens is 272 g/mol. The third kappa shape index (κ3) is 4.28. The van der Waals surface area contributed by atoms with Crippen molar-refractivity contribution in [2.24, 2.45) is 0 Å². The smallest absolute Gasteiger partial charge is 0.280 e. The quantitative estimate of drug-likeness (QED) is 0.571. The second-order valence-electron chi connectivity index (χ2n) is 4.78. The fourth-order valence-corrected chi connectivity index (χ4v) is 2.55. The lowest BCUT2D eigenvalue weighted by Crippen LogP contribution is -2.04. The highest BCUT2D eigenvalue weighted by Crippen LogP contribution is 2.20. The Kier molecular flexibility index (Phi) is 5.66. The Morgan fingerprint density at radius 1 is 1.33 bits per heavy atom. The lowest BCUT2D eigenvalue weighted by atomic mass is 10.2. The summed E-state index contributed by atoms with van der Waals surface area (Å²) in [7, 11) is 1.60. The van der Waals surface area contributed by atoms with Crippen molar-refractivity contribution in [2.75, 3.05) is 0 Å². The van der Waals surface area contributed by atoms with Crippen LogP contribution in [0.15, 0.2) is 11.2 Å². The Hall–Kier alpha value is -0.550. The van der Waals surface area contributed by atoms with E-state index in [2.05, 4.69) is 11.9 Å². The number of hydrogen-bond acceptors (Lipinski definition) is 3. The molecular formula is C12H21ClN2O2S. The maximum absolute atomic E-state index is 11.3. The molecule has 0 bridgehead atoms. The van der Waals surface area contributed by atoms with Gasteiger partial charge in [0.2, 0.25) is 0 Å². The minimum absolute atomic E-state index is 0.0386. The van der Waals surface area contributed by atoms with Crippen LogP contribution in [0.25, 0.3) is 0 Å². The summed E-state index contributed by atoms with van der Waals surface area (Å²) in [6.45, 7) is 6.95. The van der Waals surface area contributed by atoms with Gasteiger partial charge in [-0.25, -0.2) is 13.4 Å². The molecule has 104 valence electrons. The second-order valence-corrected chi connectivity index (χ2v) is 7.30. The summed E-state index contributed by atoms with van der Waals surface area (Å²) in [5.74, 6) is 0.967. The van der Waals surface area contributed by atoms with Crippen LogP contribution in [0.3, 0.4) is 0 Å². The molecule has 1 aromatic heterocycles. The summed E-state index contributed by atoms with van der Waals surface area (Å²) in [5, 5.41) is -0.0386. The molecule has 0 N–H and O–H groups in total. The maximum atomic E-state index is 11.3. The third-order valence-electron chi connectivity index (χ3n) is 2.80. The van der Waals surface area contributed by atoms with Gasteiger partial charge in [-0.15, -0.1) is 0 Å². The van der Waals surface area contributed by atoms with Crippen molar-refractivity contribution in [3.63, 3.8) is 0 Å². The summed E-state index contributed by atoms with van der Waals surface area (Å²) in [4.78, 5) is 4.12.